The van der Waals surface area contributed by atoms with E-state index >= 15 is 0 Å². The van der Waals surface area contributed by atoms with E-state index in [0.717, 1.165) is 12.2 Å². The van der Waals surface area contributed by atoms with Gasteiger partial charge in [0.15, 0.2) is 0 Å². The number of hydrogen-bond donors (Lipinski definition) is 0. The molecule has 0 aromatic heterocycles. The van der Waals surface area contributed by atoms with Crippen LogP contribution in [-0.2, 0) is 11.3 Å². The van der Waals surface area contributed by atoms with E-state index in [1.54, 1.807) is 0 Å². The molecule has 0 spiro atoms. The average Bonchev–Trinajstić information content (AvgIpc) is 3.08. The molecule has 104 valence electrons. The van der Waals surface area contributed by atoms with E-state index < -0.39 is 0 Å². The minimum Gasteiger partial charge on any atom is -0.311 e. The summed E-state index contributed by atoms with van der Waals surface area (Å²) >= 11 is 0. The molecule has 0 radical (unpaired) electrons. The van der Waals surface area contributed by atoms with Gasteiger partial charge in [-0.3, -0.25) is 9.69 Å². The van der Waals surface area contributed by atoms with Crippen molar-refractivity contribution in [1.82, 2.24) is 4.90 Å². The summed E-state index contributed by atoms with van der Waals surface area (Å²) in [6.45, 7) is 4.01. The highest BCUT2D eigenvalue weighted by Crippen LogP contribution is 2.26. The second-order valence-electron chi connectivity index (χ2n) is 5.73. The van der Waals surface area contributed by atoms with Gasteiger partial charge in [0, 0.05) is 31.1 Å². The lowest BCUT2D eigenvalue weighted by Gasteiger charge is -2.19. The van der Waals surface area contributed by atoms with Gasteiger partial charge in [-0.1, -0.05) is 12.1 Å². The van der Waals surface area contributed by atoms with Crippen molar-refractivity contribution in [2.45, 2.75) is 25.8 Å². The third-order valence-corrected chi connectivity index (χ3v) is 4.19. The van der Waals surface area contributed by atoms with Crippen LogP contribution >= 0.6 is 0 Å². The zero-order valence-corrected chi connectivity index (χ0v) is 11.7. The summed E-state index contributed by atoms with van der Waals surface area (Å²) in [4.78, 5) is 16.3. The third kappa shape index (κ3) is 2.71. The van der Waals surface area contributed by atoms with Gasteiger partial charge in [0.1, 0.15) is 0 Å². The number of nitrogens with zero attached hydrogens (tertiary/aromatic N) is 2. The van der Waals surface area contributed by atoms with Crippen molar-refractivity contribution >= 4 is 11.6 Å². The standard InChI is InChI=1S/C17H20N2O/c1-2-14-11-17(20)19(13-14)16-7-5-6-15(10-16)12-18-8-3-4-9-18/h1,5-7,10,14H,3-4,8-9,11-13H2. The first kappa shape index (κ1) is 13.2. The van der Waals surface area contributed by atoms with Crippen molar-refractivity contribution in [2.24, 2.45) is 5.92 Å². The number of rotatable bonds is 3. The molecule has 2 saturated heterocycles. The Morgan fingerprint density at radius 3 is 2.80 bits per heavy atom. The summed E-state index contributed by atoms with van der Waals surface area (Å²) in [5, 5.41) is 0. The predicted molar refractivity (Wildman–Crippen MR) is 80.2 cm³/mol. The Hall–Kier alpha value is -1.79. The zero-order chi connectivity index (χ0) is 13.9. The Labute approximate surface area is 120 Å². The van der Waals surface area contributed by atoms with E-state index in [2.05, 4.69) is 23.0 Å². The molecule has 0 saturated carbocycles. The highest BCUT2D eigenvalue weighted by atomic mass is 16.2. The minimum atomic E-state index is 0.0599. The molecule has 3 rings (SSSR count). The number of carbonyl (C=O) groups excluding carboxylic acids is 1. The van der Waals surface area contributed by atoms with E-state index in [-0.39, 0.29) is 11.8 Å². The SMILES string of the molecule is C#CC1CC(=O)N(c2cccc(CN3CCCC3)c2)C1. The number of amides is 1. The van der Waals surface area contributed by atoms with Crippen molar-refractivity contribution in [3.05, 3.63) is 29.8 Å². The zero-order valence-electron chi connectivity index (χ0n) is 11.7. The van der Waals surface area contributed by atoms with Gasteiger partial charge in [-0.25, -0.2) is 0 Å². The maximum absolute atomic E-state index is 12.0. The van der Waals surface area contributed by atoms with Crippen molar-refractivity contribution < 1.29 is 4.79 Å². The number of benzene rings is 1. The summed E-state index contributed by atoms with van der Waals surface area (Å²) in [5.41, 5.74) is 2.27. The molecule has 1 unspecified atom stereocenters. The molecule has 0 bridgehead atoms. The topological polar surface area (TPSA) is 23.6 Å². The van der Waals surface area contributed by atoms with E-state index in [9.17, 15) is 4.79 Å². The monoisotopic (exact) mass is 268 g/mol. The average molecular weight is 268 g/mol. The molecular weight excluding hydrogens is 248 g/mol. The molecule has 2 aliphatic heterocycles. The van der Waals surface area contributed by atoms with Crippen LogP contribution in [0.15, 0.2) is 24.3 Å². The summed E-state index contributed by atoms with van der Waals surface area (Å²) in [6, 6.07) is 8.32. The molecule has 1 atom stereocenters. The van der Waals surface area contributed by atoms with Gasteiger partial charge in [-0.05, 0) is 43.6 Å². The van der Waals surface area contributed by atoms with Gasteiger partial charge in [0.2, 0.25) is 5.91 Å². The maximum atomic E-state index is 12.0. The van der Waals surface area contributed by atoms with Crippen LogP contribution in [0, 0.1) is 18.3 Å². The van der Waals surface area contributed by atoms with Crippen LogP contribution in [-0.4, -0.2) is 30.4 Å². The Morgan fingerprint density at radius 2 is 2.10 bits per heavy atom. The van der Waals surface area contributed by atoms with Crippen LogP contribution in [0.4, 0.5) is 5.69 Å². The molecule has 2 fully saturated rings. The Balaban J connectivity index is 1.74. The van der Waals surface area contributed by atoms with E-state index in [1.165, 1.54) is 31.5 Å². The fraction of sp³-hybridized carbons (Fsp3) is 0.471. The minimum absolute atomic E-state index is 0.0599. The van der Waals surface area contributed by atoms with Gasteiger partial charge in [-0.2, -0.15) is 0 Å². The molecule has 1 amide bonds. The molecule has 2 heterocycles. The quantitative estimate of drug-likeness (QED) is 0.785. The molecule has 3 nitrogen and oxygen atoms in total. The van der Waals surface area contributed by atoms with Gasteiger partial charge < -0.3 is 4.90 Å². The molecule has 0 N–H and O–H groups in total. The summed E-state index contributed by atoms with van der Waals surface area (Å²) < 4.78 is 0. The summed E-state index contributed by atoms with van der Waals surface area (Å²) in [5.74, 6) is 2.90. The van der Waals surface area contributed by atoms with Crippen molar-refractivity contribution in [2.75, 3.05) is 24.5 Å². The van der Waals surface area contributed by atoms with Gasteiger partial charge in [-0.15, -0.1) is 12.3 Å². The lowest BCUT2D eigenvalue weighted by molar-refractivity contribution is -0.117. The van der Waals surface area contributed by atoms with Crippen molar-refractivity contribution in [3.63, 3.8) is 0 Å². The molecule has 20 heavy (non-hydrogen) atoms. The highest BCUT2D eigenvalue weighted by molar-refractivity contribution is 5.96. The van der Waals surface area contributed by atoms with Gasteiger partial charge in [0.25, 0.3) is 0 Å². The highest BCUT2D eigenvalue weighted by Gasteiger charge is 2.29. The first-order valence-electron chi connectivity index (χ1n) is 7.34. The normalized spacial score (nSPS) is 23.2. The molecule has 1 aromatic rings. The Morgan fingerprint density at radius 1 is 1.30 bits per heavy atom. The van der Waals surface area contributed by atoms with Crippen LogP contribution in [0.1, 0.15) is 24.8 Å². The smallest absolute Gasteiger partial charge is 0.228 e. The number of terminal acetylenes is 1. The van der Waals surface area contributed by atoms with Crippen molar-refractivity contribution in [3.8, 4) is 12.3 Å². The summed E-state index contributed by atoms with van der Waals surface area (Å²) in [6.07, 6.45) is 8.52. The van der Waals surface area contributed by atoms with Crippen LogP contribution in [0.25, 0.3) is 0 Å². The largest absolute Gasteiger partial charge is 0.311 e. The van der Waals surface area contributed by atoms with Gasteiger partial charge >= 0.3 is 0 Å². The molecule has 0 aliphatic carbocycles. The fourth-order valence-corrected chi connectivity index (χ4v) is 3.09. The molecule has 1 aromatic carbocycles. The molecular formula is C17H20N2O. The van der Waals surface area contributed by atoms with Crippen LogP contribution in [0.2, 0.25) is 0 Å². The number of carbonyl (C=O) groups is 1. The van der Waals surface area contributed by atoms with E-state index in [1.807, 2.05) is 17.0 Å². The van der Waals surface area contributed by atoms with Crippen LogP contribution in [0.5, 0.6) is 0 Å². The van der Waals surface area contributed by atoms with Crippen molar-refractivity contribution in [1.29, 1.82) is 0 Å². The second kappa shape index (κ2) is 5.68. The molecule has 2 aliphatic rings. The molecule has 3 heteroatoms. The lowest BCUT2D eigenvalue weighted by Crippen LogP contribution is -2.25. The first-order chi connectivity index (χ1) is 9.76. The number of likely N-dealkylation sites (tertiary alicyclic amines) is 1. The number of anilines is 1. The second-order valence-corrected chi connectivity index (χ2v) is 5.73. The Bertz CT molecular complexity index is 540. The van der Waals surface area contributed by atoms with E-state index in [0.29, 0.717) is 13.0 Å². The van der Waals surface area contributed by atoms with Crippen LogP contribution in [0.3, 0.4) is 0 Å². The lowest BCUT2D eigenvalue weighted by atomic mass is 10.1. The Kier molecular flexibility index (Phi) is 3.75. The van der Waals surface area contributed by atoms with E-state index in [4.69, 9.17) is 6.42 Å². The fourth-order valence-electron chi connectivity index (χ4n) is 3.09. The summed E-state index contributed by atoms with van der Waals surface area (Å²) in [7, 11) is 0. The number of hydrogen-bond acceptors (Lipinski definition) is 2. The maximum Gasteiger partial charge on any atom is 0.228 e. The first-order valence-corrected chi connectivity index (χ1v) is 7.34. The van der Waals surface area contributed by atoms with Crippen LogP contribution < -0.4 is 4.90 Å². The third-order valence-electron chi connectivity index (χ3n) is 4.19. The van der Waals surface area contributed by atoms with Gasteiger partial charge in [0.05, 0.1) is 0 Å². The predicted octanol–water partition coefficient (Wildman–Crippen LogP) is 2.27.